The number of rotatable bonds is 5. The second-order valence-corrected chi connectivity index (χ2v) is 4.14. The van der Waals surface area contributed by atoms with Gasteiger partial charge in [-0.3, -0.25) is 0 Å². The summed E-state index contributed by atoms with van der Waals surface area (Å²) in [5, 5.41) is 7.19. The number of aromatic nitrogens is 5. The van der Waals surface area contributed by atoms with E-state index in [4.69, 9.17) is 0 Å². The molecular formula is C12H19N7. The standard InChI is InChI=1S/C12H19N7/c1-5-18(6-2)11-15-10(13-4)16-12(17-11)19-8-9(3)7-14-19/h7-8H,5-6H2,1-4H3,(H,13,15,16,17). The molecule has 0 bridgehead atoms. The number of hydrogen-bond donors (Lipinski definition) is 1. The summed E-state index contributed by atoms with van der Waals surface area (Å²) in [5.41, 5.74) is 1.07. The van der Waals surface area contributed by atoms with Crippen molar-refractivity contribution in [3.05, 3.63) is 18.0 Å². The lowest BCUT2D eigenvalue weighted by atomic mass is 10.4. The summed E-state index contributed by atoms with van der Waals surface area (Å²) in [4.78, 5) is 15.2. The average Bonchev–Trinajstić information content (AvgIpc) is 2.86. The average molecular weight is 261 g/mol. The molecule has 7 nitrogen and oxygen atoms in total. The fourth-order valence-electron chi connectivity index (χ4n) is 1.74. The third-order valence-corrected chi connectivity index (χ3v) is 2.80. The summed E-state index contributed by atoms with van der Waals surface area (Å²) < 4.78 is 1.66. The van der Waals surface area contributed by atoms with E-state index in [1.54, 1.807) is 17.9 Å². The quantitative estimate of drug-likeness (QED) is 0.873. The van der Waals surface area contributed by atoms with Crippen LogP contribution < -0.4 is 10.2 Å². The molecular weight excluding hydrogens is 242 g/mol. The van der Waals surface area contributed by atoms with Crippen LogP contribution in [0.2, 0.25) is 0 Å². The Balaban J connectivity index is 2.46. The van der Waals surface area contributed by atoms with Gasteiger partial charge in [-0.05, 0) is 26.3 Å². The molecule has 2 heterocycles. The monoisotopic (exact) mass is 261 g/mol. The van der Waals surface area contributed by atoms with Crippen molar-refractivity contribution in [2.45, 2.75) is 20.8 Å². The van der Waals surface area contributed by atoms with Crippen LogP contribution in [0.4, 0.5) is 11.9 Å². The Bertz CT molecular complexity index is 545. The highest BCUT2D eigenvalue weighted by molar-refractivity contribution is 5.39. The molecule has 2 aromatic heterocycles. The molecule has 1 N–H and O–H groups in total. The number of anilines is 2. The first kappa shape index (κ1) is 13.3. The second kappa shape index (κ2) is 5.64. The van der Waals surface area contributed by atoms with Gasteiger partial charge in [-0.2, -0.15) is 20.1 Å². The first-order valence-corrected chi connectivity index (χ1v) is 6.38. The van der Waals surface area contributed by atoms with Crippen molar-refractivity contribution >= 4 is 11.9 Å². The van der Waals surface area contributed by atoms with Gasteiger partial charge >= 0.3 is 0 Å². The Hall–Kier alpha value is -2.18. The van der Waals surface area contributed by atoms with Crippen LogP contribution in [0.1, 0.15) is 19.4 Å². The van der Waals surface area contributed by atoms with E-state index in [-0.39, 0.29) is 0 Å². The second-order valence-electron chi connectivity index (χ2n) is 4.14. The van der Waals surface area contributed by atoms with E-state index in [2.05, 4.69) is 44.1 Å². The minimum atomic E-state index is 0.523. The summed E-state index contributed by atoms with van der Waals surface area (Å²) in [5.74, 6) is 1.72. The van der Waals surface area contributed by atoms with Gasteiger partial charge in [0.05, 0.1) is 6.20 Å². The van der Waals surface area contributed by atoms with Gasteiger partial charge in [0.1, 0.15) is 0 Å². The van der Waals surface area contributed by atoms with Crippen molar-refractivity contribution in [1.82, 2.24) is 24.7 Å². The van der Waals surface area contributed by atoms with Crippen LogP contribution in [-0.4, -0.2) is 44.9 Å². The predicted octanol–water partition coefficient (Wildman–Crippen LogP) is 1.25. The normalized spacial score (nSPS) is 10.5. The molecule has 0 atom stereocenters. The molecule has 19 heavy (non-hydrogen) atoms. The zero-order valence-corrected chi connectivity index (χ0v) is 11.8. The number of aryl methyl sites for hydroxylation is 1. The Morgan fingerprint density at radius 3 is 2.47 bits per heavy atom. The number of hydrogen-bond acceptors (Lipinski definition) is 6. The van der Waals surface area contributed by atoms with Gasteiger partial charge in [0.2, 0.25) is 11.9 Å². The van der Waals surface area contributed by atoms with Crippen LogP contribution in [0.3, 0.4) is 0 Å². The summed E-state index contributed by atoms with van der Waals surface area (Å²) in [6, 6.07) is 0. The van der Waals surface area contributed by atoms with Crippen LogP contribution in [0.5, 0.6) is 0 Å². The van der Waals surface area contributed by atoms with Gasteiger partial charge in [-0.15, -0.1) is 0 Å². The zero-order valence-electron chi connectivity index (χ0n) is 11.8. The van der Waals surface area contributed by atoms with Gasteiger partial charge < -0.3 is 10.2 Å². The summed E-state index contributed by atoms with van der Waals surface area (Å²) in [6.07, 6.45) is 3.67. The molecule has 0 fully saturated rings. The molecule has 0 aliphatic rings. The highest BCUT2D eigenvalue weighted by atomic mass is 15.4. The molecule has 0 aromatic carbocycles. The van der Waals surface area contributed by atoms with E-state index in [0.717, 1.165) is 18.7 Å². The molecule has 0 saturated carbocycles. The minimum absolute atomic E-state index is 0.523. The Morgan fingerprint density at radius 1 is 1.21 bits per heavy atom. The van der Waals surface area contributed by atoms with Gasteiger partial charge in [0.15, 0.2) is 0 Å². The van der Waals surface area contributed by atoms with Crippen molar-refractivity contribution in [3.63, 3.8) is 0 Å². The highest BCUT2D eigenvalue weighted by Gasteiger charge is 2.12. The first-order chi connectivity index (χ1) is 9.17. The molecule has 0 unspecified atom stereocenters. The maximum atomic E-state index is 4.47. The molecule has 2 rings (SSSR count). The van der Waals surface area contributed by atoms with E-state index in [1.165, 1.54) is 0 Å². The van der Waals surface area contributed by atoms with E-state index in [1.807, 2.05) is 13.1 Å². The Morgan fingerprint density at radius 2 is 1.95 bits per heavy atom. The van der Waals surface area contributed by atoms with Gasteiger partial charge in [0.25, 0.3) is 5.95 Å². The fourth-order valence-corrected chi connectivity index (χ4v) is 1.74. The largest absolute Gasteiger partial charge is 0.357 e. The number of nitrogens with zero attached hydrogens (tertiary/aromatic N) is 6. The van der Waals surface area contributed by atoms with Gasteiger partial charge in [-0.1, -0.05) is 0 Å². The highest BCUT2D eigenvalue weighted by Crippen LogP contribution is 2.12. The van der Waals surface area contributed by atoms with Crippen LogP contribution >= 0.6 is 0 Å². The van der Waals surface area contributed by atoms with Crippen molar-refractivity contribution in [1.29, 1.82) is 0 Å². The van der Waals surface area contributed by atoms with Crippen LogP contribution in [0.15, 0.2) is 12.4 Å². The van der Waals surface area contributed by atoms with Crippen LogP contribution in [0.25, 0.3) is 5.95 Å². The lowest BCUT2D eigenvalue weighted by Crippen LogP contribution is -2.25. The SMILES string of the molecule is CCN(CC)c1nc(NC)nc(-n2cc(C)cn2)n1. The lowest BCUT2D eigenvalue weighted by Gasteiger charge is -2.19. The van der Waals surface area contributed by atoms with E-state index in [0.29, 0.717) is 17.8 Å². The van der Waals surface area contributed by atoms with Crippen LogP contribution in [0, 0.1) is 6.92 Å². The maximum Gasteiger partial charge on any atom is 0.257 e. The summed E-state index contributed by atoms with van der Waals surface area (Å²) in [6.45, 7) is 7.82. The van der Waals surface area contributed by atoms with E-state index >= 15 is 0 Å². The van der Waals surface area contributed by atoms with Crippen molar-refractivity contribution in [2.75, 3.05) is 30.4 Å². The van der Waals surface area contributed by atoms with Crippen molar-refractivity contribution in [3.8, 4) is 5.95 Å². The topological polar surface area (TPSA) is 71.8 Å². The third kappa shape index (κ3) is 2.81. The number of nitrogens with one attached hydrogen (secondary N) is 1. The third-order valence-electron chi connectivity index (χ3n) is 2.80. The molecule has 7 heteroatoms. The summed E-state index contributed by atoms with van der Waals surface area (Å²) >= 11 is 0. The Labute approximate surface area is 112 Å². The first-order valence-electron chi connectivity index (χ1n) is 6.38. The van der Waals surface area contributed by atoms with E-state index < -0.39 is 0 Å². The van der Waals surface area contributed by atoms with Gasteiger partial charge in [-0.25, -0.2) is 4.68 Å². The molecule has 0 spiro atoms. The molecule has 0 aliphatic heterocycles. The molecule has 0 amide bonds. The molecule has 0 radical (unpaired) electrons. The Kier molecular flexibility index (Phi) is 3.94. The van der Waals surface area contributed by atoms with Crippen LogP contribution in [-0.2, 0) is 0 Å². The molecule has 2 aromatic rings. The van der Waals surface area contributed by atoms with Crippen molar-refractivity contribution in [2.24, 2.45) is 0 Å². The summed E-state index contributed by atoms with van der Waals surface area (Å²) in [7, 11) is 1.79. The smallest absolute Gasteiger partial charge is 0.257 e. The predicted molar refractivity (Wildman–Crippen MR) is 74.8 cm³/mol. The molecule has 0 saturated heterocycles. The fraction of sp³-hybridized carbons (Fsp3) is 0.500. The van der Waals surface area contributed by atoms with Gasteiger partial charge in [0, 0.05) is 26.3 Å². The van der Waals surface area contributed by atoms with E-state index in [9.17, 15) is 0 Å². The zero-order chi connectivity index (χ0) is 13.8. The molecule has 102 valence electrons. The lowest BCUT2D eigenvalue weighted by molar-refractivity contribution is 0.763. The van der Waals surface area contributed by atoms with Crippen molar-refractivity contribution < 1.29 is 0 Å². The minimum Gasteiger partial charge on any atom is -0.357 e. The maximum absolute atomic E-state index is 4.47. The molecule has 0 aliphatic carbocycles.